The van der Waals surface area contributed by atoms with Crippen LogP contribution in [0.5, 0.6) is 0 Å². The number of allylic oxidation sites excluding steroid dienone is 2. The molecule has 1 rings (SSSR count). The maximum absolute atomic E-state index is 12.2. The van der Waals surface area contributed by atoms with Crippen molar-refractivity contribution in [3.63, 3.8) is 0 Å². The lowest BCUT2D eigenvalue weighted by atomic mass is 9.82. The van der Waals surface area contributed by atoms with Crippen LogP contribution in [-0.2, 0) is 14.4 Å². The fourth-order valence-electron chi connectivity index (χ4n) is 2.57. The van der Waals surface area contributed by atoms with Gasteiger partial charge in [-0.05, 0) is 33.6 Å². The molecule has 0 bridgehead atoms. The molecule has 1 aliphatic carbocycles. The highest BCUT2D eigenvalue weighted by molar-refractivity contribution is 5.90. The quantitative estimate of drug-likeness (QED) is 0.717. The van der Waals surface area contributed by atoms with Gasteiger partial charge in [-0.25, -0.2) is 0 Å². The van der Waals surface area contributed by atoms with Crippen LogP contribution in [0, 0.1) is 11.8 Å². The Morgan fingerprint density at radius 2 is 1.71 bits per heavy atom. The number of carboxylic acids is 1. The molecular formula is C15H24N2O4. The van der Waals surface area contributed by atoms with E-state index in [9.17, 15) is 19.5 Å². The Balaban J connectivity index is 2.69. The predicted molar refractivity (Wildman–Crippen MR) is 78.5 cm³/mol. The number of rotatable bonds is 6. The number of aliphatic carboxylic acids is 1. The molecule has 0 radical (unpaired) electrons. The van der Waals surface area contributed by atoms with E-state index in [1.54, 1.807) is 17.9 Å². The molecule has 0 aromatic heterocycles. The summed E-state index contributed by atoms with van der Waals surface area (Å²) >= 11 is 0. The van der Waals surface area contributed by atoms with Crippen molar-refractivity contribution in [1.82, 2.24) is 10.2 Å². The van der Waals surface area contributed by atoms with Crippen LogP contribution < -0.4 is 5.32 Å². The summed E-state index contributed by atoms with van der Waals surface area (Å²) < 4.78 is 0. The van der Waals surface area contributed by atoms with Gasteiger partial charge in [-0.1, -0.05) is 12.2 Å². The molecule has 2 amide bonds. The Morgan fingerprint density at radius 1 is 1.19 bits per heavy atom. The van der Waals surface area contributed by atoms with Gasteiger partial charge in [0.15, 0.2) is 0 Å². The minimum atomic E-state index is -0.970. The summed E-state index contributed by atoms with van der Waals surface area (Å²) in [4.78, 5) is 37.2. The van der Waals surface area contributed by atoms with Crippen LogP contribution in [0.4, 0.5) is 0 Å². The Hall–Kier alpha value is -1.85. The van der Waals surface area contributed by atoms with Crippen LogP contribution in [0.3, 0.4) is 0 Å². The monoisotopic (exact) mass is 296 g/mol. The molecule has 3 atom stereocenters. The molecule has 0 aromatic carbocycles. The minimum Gasteiger partial charge on any atom is -0.481 e. The lowest BCUT2D eigenvalue weighted by Gasteiger charge is -2.27. The molecule has 0 spiro atoms. The molecule has 0 heterocycles. The third-order valence-electron chi connectivity index (χ3n) is 3.89. The lowest BCUT2D eigenvalue weighted by Crippen LogP contribution is -2.50. The number of nitrogens with zero attached hydrogens (tertiary/aromatic N) is 1. The zero-order chi connectivity index (χ0) is 16.0. The van der Waals surface area contributed by atoms with Crippen LogP contribution in [0.1, 0.15) is 33.6 Å². The number of amides is 2. The van der Waals surface area contributed by atoms with E-state index in [0.29, 0.717) is 25.9 Å². The van der Waals surface area contributed by atoms with Gasteiger partial charge < -0.3 is 15.3 Å². The number of carbonyl (C=O) groups is 3. The van der Waals surface area contributed by atoms with E-state index in [4.69, 9.17) is 0 Å². The first kappa shape index (κ1) is 17.2. The van der Waals surface area contributed by atoms with Crippen molar-refractivity contribution in [2.24, 2.45) is 11.8 Å². The molecular weight excluding hydrogens is 272 g/mol. The highest BCUT2D eigenvalue weighted by atomic mass is 16.4. The average molecular weight is 296 g/mol. The molecule has 0 fully saturated rings. The van der Waals surface area contributed by atoms with Gasteiger partial charge in [0.1, 0.15) is 6.04 Å². The number of hydrogen-bond acceptors (Lipinski definition) is 3. The third-order valence-corrected chi connectivity index (χ3v) is 3.89. The molecule has 0 saturated heterocycles. The smallest absolute Gasteiger partial charge is 0.307 e. The van der Waals surface area contributed by atoms with Gasteiger partial charge in [0.25, 0.3) is 0 Å². The van der Waals surface area contributed by atoms with Crippen LogP contribution in [0.25, 0.3) is 0 Å². The van der Waals surface area contributed by atoms with Crippen LogP contribution >= 0.6 is 0 Å². The highest BCUT2D eigenvalue weighted by Gasteiger charge is 2.35. The second-order valence-electron chi connectivity index (χ2n) is 5.23. The summed E-state index contributed by atoms with van der Waals surface area (Å²) in [5.41, 5.74) is 0. The zero-order valence-corrected chi connectivity index (χ0v) is 12.8. The standard InChI is InChI=1S/C15H24N2O4/c1-4-17(5-2)14(19)10(3)16-13(18)11-8-6-7-9-12(11)15(20)21/h6-7,10-12H,4-5,8-9H2,1-3H3,(H,16,18)(H,20,21). The number of hydrogen-bond donors (Lipinski definition) is 2. The van der Waals surface area contributed by atoms with Gasteiger partial charge in [-0.15, -0.1) is 0 Å². The van der Waals surface area contributed by atoms with E-state index in [2.05, 4.69) is 5.32 Å². The molecule has 1 aliphatic rings. The van der Waals surface area contributed by atoms with Crippen molar-refractivity contribution < 1.29 is 19.5 Å². The van der Waals surface area contributed by atoms with Gasteiger partial charge in [0.2, 0.25) is 11.8 Å². The molecule has 0 saturated carbocycles. The summed E-state index contributed by atoms with van der Waals surface area (Å²) in [6, 6.07) is -0.641. The Kier molecular flexibility index (Phi) is 6.39. The first-order valence-electron chi connectivity index (χ1n) is 7.39. The first-order valence-corrected chi connectivity index (χ1v) is 7.39. The van der Waals surface area contributed by atoms with E-state index in [0.717, 1.165) is 0 Å². The van der Waals surface area contributed by atoms with E-state index in [1.807, 2.05) is 19.9 Å². The fourth-order valence-corrected chi connectivity index (χ4v) is 2.57. The van der Waals surface area contributed by atoms with E-state index >= 15 is 0 Å². The summed E-state index contributed by atoms with van der Waals surface area (Å²) in [7, 11) is 0. The van der Waals surface area contributed by atoms with E-state index in [1.165, 1.54) is 0 Å². The maximum Gasteiger partial charge on any atom is 0.307 e. The van der Waals surface area contributed by atoms with E-state index < -0.39 is 23.8 Å². The SMILES string of the molecule is CCN(CC)C(=O)C(C)NC(=O)C1CC=CCC1C(=O)O. The molecule has 0 aromatic rings. The van der Waals surface area contributed by atoms with Gasteiger partial charge in [-0.2, -0.15) is 0 Å². The summed E-state index contributed by atoms with van der Waals surface area (Å²) in [5, 5.41) is 11.8. The number of carboxylic acid groups (broad SMARTS) is 1. The average Bonchev–Trinajstić information content (AvgIpc) is 2.48. The predicted octanol–water partition coefficient (Wildman–Crippen LogP) is 1.03. The van der Waals surface area contributed by atoms with Crippen molar-refractivity contribution >= 4 is 17.8 Å². The van der Waals surface area contributed by atoms with Crippen molar-refractivity contribution in [2.75, 3.05) is 13.1 Å². The van der Waals surface area contributed by atoms with Crippen molar-refractivity contribution in [2.45, 2.75) is 39.7 Å². The highest BCUT2D eigenvalue weighted by Crippen LogP contribution is 2.26. The normalized spacial score (nSPS) is 22.4. The minimum absolute atomic E-state index is 0.147. The summed E-state index contributed by atoms with van der Waals surface area (Å²) in [6.07, 6.45) is 4.36. The molecule has 118 valence electrons. The summed E-state index contributed by atoms with van der Waals surface area (Å²) in [5.74, 6) is -2.81. The van der Waals surface area contributed by atoms with Crippen LogP contribution in [0.2, 0.25) is 0 Å². The Bertz CT molecular complexity index is 429. The maximum atomic E-state index is 12.2. The van der Waals surface area contributed by atoms with Gasteiger partial charge in [-0.3, -0.25) is 14.4 Å². The largest absolute Gasteiger partial charge is 0.481 e. The number of likely N-dealkylation sites (N-methyl/N-ethyl adjacent to an activating group) is 1. The molecule has 6 nitrogen and oxygen atoms in total. The van der Waals surface area contributed by atoms with Crippen molar-refractivity contribution in [1.29, 1.82) is 0 Å². The second-order valence-corrected chi connectivity index (χ2v) is 5.23. The van der Waals surface area contributed by atoms with E-state index in [-0.39, 0.29) is 11.8 Å². The topological polar surface area (TPSA) is 86.7 Å². The fraction of sp³-hybridized carbons (Fsp3) is 0.667. The molecule has 6 heteroatoms. The number of carbonyl (C=O) groups excluding carboxylic acids is 2. The van der Waals surface area contributed by atoms with Crippen LogP contribution in [-0.4, -0.2) is 46.9 Å². The van der Waals surface area contributed by atoms with Crippen molar-refractivity contribution in [3.8, 4) is 0 Å². The van der Waals surface area contributed by atoms with Gasteiger partial charge in [0.05, 0.1) is 11.8 Å². The molecule has 2 N–H and O–H groups in total. The molecule has 3 unspecified atom stereocenters. The molecule has 21 heavy (non-hydrogen) atoms. The Morgan fingerprint density at radius 3 is 2.19 bits per heavy atom. The second kappa shape index (κ2) is 7.81. The lowest BCUT2D eigenvalue weighted by molar-refractivity contribution is -0.147. The van der Waals surface area contributed by atoms with Gasteiger partial charge >= 0.3 is 5.97 Å². The van der Waals surface area contributed by atoms with Crippen LogP contribution in [0.15, 0.2) is 12.2 Å². The summed E-state index contributed by atoms with van der Waals surface area (Å²) in [6.45, 7) is 6.55. The molecule has 0 aliphatic heterocycles. The zero-order valence-electron chi connectivity index (χ0n) is 12.8. The number of nitrogens with one attached hydrogen (secondary N) is 1. The Labute approximate surface area is 125 Å². The van der Waals surface area contributed by atoms with Crippen molar-refractivity contribution in [3.05, 3.63) is 12.2 Å². The van der Waals surface area contributed by atoms with Gasteiger partial charge in [0, 0.05) is 13.1 Å². The third kappa shape index (κ3) is 4.31. The first-order chi connectivity index (χ1) is 9.92.